The molecule has 0 aromatic rings. The molecule has 8 heteroatoms. The van der Waals surface area contributed by atoms with Gasteiger partial charge in [0.1, 0.15) is 5.76 Å². The van der Waals surface area contributed by atoms with Gasteiger partial charge in [0.25, 0.3) is 0 Å². The Morgan fingerprint density at radius 3 is 3.09 bits per heavy atom. The molecule has 1 aliphatic carbocycles. The van der Waals surface area contributed by atoms with E-state index in [1.165, 1.54) is 7.11 Å². The van der Waals surface area contributed by atoms with Gasteiger partial charge in [-0.05, 0) is 24.8 Å². The quantitative estimate of drug-likeness (QED) is 0.573. The van der Waals surface area contributed by atoms with Gasteiger partial charge in [-0.3, -0.25) is 4.79 Å². The van der Waals surface area contributed by atoms with E-state index in [0.29, 0.717) is 30.6 Å². The molecule has 7 nitrogen and oxygen atoms in total. The van der Waals surface area contributed by atoms with Crippen LogP contribution in [0.25, 0.3) is 0 Å². The molecule has 0 bridgehead atoms. The number of nitriles is 1. The number of ether oxygens (including phenoxy) is 1. The van der Waals surface area contributed by atoms with E-state index >= 15 is 0 Å². The molecule has 0 unspecified atom stereocenters. The lowest BCUT2D eigenvalue weighted by Crippen LogP contribution is -2.50. The number of hydrogen-bond acceptors (Lipinski definition) is 6. The van der Waals surface area contributed by atoms with E-state index in [1.54, 1.807) is 6.08 Å². The predicted octanol–water partition coefficient (Wildman–Crippen LogP) is 0.362. The fourth-order valence-electron chi connectivity index (χ4n) is 2.55. The molecule has 1 amide bonds. The third kappa shape index (κ3) is 3.49. The van der Waals surface area contributed by atoms with Gasteiger partial charge < -0.3 is 19.7 Å². The molecule has 0 spiro atoms. The second-order valence-corrected chi connectivity index (χ2v) is 5.13. The second kappa shape index (κ2) is 7.14. The summed E-state index contributed by atoms with van der Waals surface area (Å²) in [6.45, 7) is 0. The van der Waals surface area contributed by atoms with Gasteiger partial charge in [0.05, 0.1) is 24.7 Å². The fraction of sp³-hybridized carbons (Fsp3) is 0.500. The Balaban J connectivity index is 2.09. The molecule has 2 aliphatic rings. The van der Waals surface area contributed by atoms with Gasteiger partial charge in [-0.25, -0.2) is 4.79 Å². The highest BCUT2D eigenvalue weighted by atomic mass is 16.5. The van der Waals surface area contributed by atoms with Crippen molar-refractivity contribution >= 4 is 19.0 Å². The number of methoxy groups -OCH3 is 1. The summed E-state index contributed by atoms with van der Waals surface area (Å²) in [5.41, 5.74) is 1.19. The molecule has 0 saturated heterocycles. The average molecular weight is 304 g/mol. The van der Waals surface area contributed by atoms with Gasteiger partial charge >= 0.3 is 13.1 Å². The molecular formula is C14H17BN2O5. The van der Waals surface area contributed by atoms with E-state index in [4.69, 9.17) is 14.7 Å². The topological polar surface area (TPSA) is 109 Å². The molecule has 1 heterocycles. The van der Waals surface area contributed by atoms with Crippen LogP contribution >= 0.6 is 0 Å². The number of esters is 1. The summed E-state index contributed by atoms with van der Waals surface area (Å²) in [4.78, 5) is 23.4. The van der Waals surface area contributed by atoms with E-state index in [-0.39, 0.29) is 18.7 Å². The van der Waals surface area contributed by atoms with E-state index < -0.39 is 19.0 Å². The molecule has 1 atom stereocenters. The van der Waals surface area contributed by atoms with Crippen LogP contribution in [0.3, 0.4) is 0 Å². The average Bonchev–Trinajstić information content (AvgIpc) is 2.52. The first-order chi connectivity index (χ1) is 10.6. The van der Waals surface area contributed by atoms with Crippen molar-refractivity contribution in [2.24, 2.45) is 0 Å². The van der Waals surface area contributed by atoms with Crippen LogP contribution in [-0.2, 0) is 19.0 Å². The third-order valence-electron chi connectivity index (χ3n) is 3.62. The molecule has 2 rings (SSSR count). The highest BCUT2D eigenvalue weighted by Crippen LogP contribution is 2.34. The minimum Gasteiger partial charge on any atom is -0.534 e. The summed E-state index contributed by atoms with van der Waals surface area (Å²) in [5, 5.41) is 21.2. The SMILES string of the molecule is COC(=O)C1=CCCC2=C1OB(O)[C@@H](NC(=O)CCC#N)C2. The Labute approximate surface area is 128 Å². The number of allylic oxidation sites excluding steroid dienone is 1. The summed E-state index contributed by atoms with van der Waals surface area (Å²) >= 11 is 0. The predicted molar refractivity (Wildman–Crippen MR) is 76.8 cm³/mol. The Bertz CT molecular complexity index is 578. The molecule has 0 fully saturated rings. The first kappa shape index (κ1) is 16.1. The summed E-state index contributed by atoms with van der Waals surface area (Å²) < 4.78 is 10.1. The van der Waals surface area contributed by atoms with Crippen LogP contribution in [0, 0.1) is 11.3 Å². The largest absolute Gasteiger partial charge is 0.547 e. The molecule has 0 aromatic heterocycles. The molecule has 0 aromatic carbocycles. The molecule has 116 valence electrons. The maximum Gasteiger partial charge on any atom is 0.547 e. The highest BCUT2D eigenvalue weighted by Gasteiger charge is 2.40. The van der Waals surface area contributed by atoms with Crippen LogP contribution in [0.1, 0.15) is 32.1 Å². The number of carbonyl (C=O) groups excluding carboxylic acids is 2. The fourth-order valence-corrected chi connectivity index (χ4v) is 2.55. The zero-order chi connectivity index (χ0) is 16.1. The molecular weight excluding hydrogens is 287 g/mol. The van der Waals surface area contributed by atoms with E-state index in [0.717, 1.165) is 5.57 Å². The normalized spacial score (nSPS) is 20.3. The number of rotatable bonds is 4. The van der Waals surface area contributed by atoms with E-state index in [9.17, 15) is 14.6 Å². The Kier molecular flexibility index (Phi) is 5.23. The number of nitrogens with one attached hydrogen (secondary N) is 1. The number of nitrogens with zero attached hydrogens (tertiary/aromatic N) is 1. The molecule has 0 radical (unpaired) electrons. The number of carbonyl (C=O) groups is 2. The smallest absolute Gasteiger partial charge is 0.534 e. The first-order valence-electron chi connectivity index (χ1n) is 7.08. The van der Waals surface area contributed by atoms with Gasteiger partial charge in [0, 0.05) is 12.8 Å². The van der Waals surface area contributed by atoms with Crippen molar-refractivity contribution in [3.8, 4) is 6.07 Å². The minimum absolute atomic E-state index is 0.0823. The van der Waals surface area contributed by atoms with Crippen molar-refractivity contribution in [3.05, 3.63) is 23.0 Å². The summed E-state index contributed by atoms with van der Waals surface area (Å²) in [6.07, 6.45) is 3.72. The highest BCUT2D eigenvalue weighted by molar-refractivity contribution is 6.46. The van der Waals surface area contributed by atoms with Crippen molar-refractivity contribution in [2.75, 3.05) is 7.11 Å². The van der Waals surface area contributed by atoms with Crippen LogP contribution in [0.2, 0.25) is 0 Å². The zero-order valence-electron chi connectivity index (χ0n) is 12.3. The van der Waals surface area contributed by atoms with Gasteiger partial charge in [-0.2, -0.15) is 5.26 Å². The van der Waals surface area contributed by atoms with Crippen LogP contribution in [0.5, 0.6) is 0 Å². The van der Waals surface area contributed by atoms with Crippen molar-refractivity contribution in [2.45, 2.75) is 38.0 Å². The summed E-state index contributed by atoms with van der Waals surface area (Å²) in [6, 6.07) is 1.89. The third-order valence-corrected chi connectivity index (χ3v) is 3.62. The Morgan fingerprint density at radius 2 is 2.41 bits per heavy atom. The van der Waals surface area contributed by atoms with Crippen molar-refractivity contribution in [1.82, 2.24) is 5.32 Å². The van der Waals surface area contributed by atoms with Crippen molar-refractivity contribution < 1.29 is 24.0 Å². The van der Waals surface area contributed by atoms with Crippen LogP contribution in [-0.4, -0.2) is 37.1 Å². The van der Waals surface area contributed by atoms with Crippen molar-refractivity contribution in [1.29, 1.82) is 5.26 Å². The number of hydrogen-bond donors (Lipinski definition) is 2. The summed E-state index contributed by atoms with van der Waals surface area (Å²) in [5.74, 6) is -1.04. The van der Waals surface area contributed by atoms with Gasteiger partial charge in [-0.1, -0.05) is 6.08 Å². The first-order valence-corrected chi connectivity index (χ1v) is 7.08. The molecule has 2 N–H and O–H groups in total. The zero-order valence-corrected chi connectivity index (χ0v) is 12.3. The minimum atomic E-state index is -1.24. The lowest BCUT2D eigenvalue weighted by molar-refractivity contribution is -0.136. The molecule has 0 saturated carbocycles. The van der Waals surface area contributed by atoms with Gasteiger partial charge in [0.2, 0.25) is 5.91 Å². The lowest BCUT2D eigenvalue weighted by Gasteiger charge is -2.32. The van der Waals surface area contributed by atoms with E-state index in [2.05, 4.69) is 5.32 Å². The van der Waals surface area contributed by atoms with Crippen LogP contribution in [0.4, 0.5) is 0 Å². The maximum atomic E-state index is 11.7. The number of amides is 1. The van der Waals surface area contributed by atoms with Crippen LogP contribution in [0.15, 0.2) is 23.0 Å². The van der Waals surface area contributed by atoms with Crippen molar-refractivity contribution in [3.63, 3.8) is 0 Å². The van der Waals surface area contributed by atoms with Crippen LogP contribution < -0.4 is 5.32 Å². The Hall–Kier alpha value is -2.27. The Morgan fingerprint density at radius 1 is 1.64 bits per heavy atom. The molecule has 22 heavy (non-hydrogen) atoms. The van der Waals surface area contributed by atoms with Gasteiger partial charge in [0.15, 0.2) is 0 Å². The second-order valence-electron chi connectivity index (χ2n) is 5.13. The van der Waals surface area contributed by atoms with Gasteiger partial charge in [-0.15, -0.1) is 0 Å². The van der Waals surface area contributed by atoms with E-state index in [1.807, 2.05) is 6.07 Å². The summed E-state index contributed by atoms with van der Waals surface area (Å²) in [7, 11) is 0.0473. The standard InChI is InChI=1S/C14H17BN2O5/c1-21-14(19)10-5-2-4-9-8-11(15(20)22-13(9)10)17-12(18)6-3-7-16/h5,11,20H,2-4,6,8H2,1H3,(H,17,18)/t11-/m0/s1. The monoisotopic (exact) mass is 304 g/mol. The lowest BCUT2D eigenvalue weighted by atomic mass is 9.70. The maximum absolute atomic E-state index is 11.7. The molecule has 1 aliphatic heterocycles.